The van der Waals surface area contributed by atoms with E-state index in [2.05, 4.69) is 0 Å². The Morgan fingerprint density at radius 3 is 1.60 bits per heavy atom. The van der Waals surface area contributed by atoms with Crippen LogP contribution >= 0.6 is 17.7 Å². The highest BCUT2D eigenvalue weighted by atomic mass is 35.7. The molecule has 0 heterocycles. The third-order valence-corrected chi connectivity index (χ3v) is 0. The molecule has 0 N–H and O–H groups in total. The molecule has 0 aliphatic carbocycles. The Morgan fingerprint density at radius 1 is 1.60 bits per heavy atom. The summed E-state index contributed by atoms with van der Waals surface area (Å²) in [5.41, 5.74) is 0. The Hall–Kier alpha value is 0.785. The molecule has 0 amide bonds. The summed E-state index contributed by atoms with van der Waals surface area (Å²) < 4.78 is 0. The molecule has 5 heavy (non-hydrogen) atoms. The van der Waals surface area contributed by atoms with Gasteiger partial charge in [0.05, 0.1) is 0 Å². The van der Waals surface area contributed by atoms with E-state index in [4.69, 9.17) is 18.8 Å². The van der Waals surface area contributed by atoms with Gasteiger partial charge in [0, 0.05) is 24.6 Å². The van der Waals surface area contributed by atoms with Crippen LogP contribution in [0.4, 0.5) is 0 Å². The molecular weight excluding hydrogens is 101 g/mol. The van der Waals surface area contributed by atoms with Crippen LogP contribution in [0.3, 0.4) is 0 Å². The predicted molar refractivity (Wildman–Crippen MR) is 30.4 cm³/mol. The molecule has 0 spiro atoms. The smallest absolute Gasteiger partial charge is 0.0225 e. The zero-order valence-corrected chi connectivity index (χ0v) is 5.05. The normalized spacial score (nSPS) is 12.0. The molecule has 0 aromatic carbocycles. The van der Waals surface area contributed by atoms with Crippen LogP contribution in [0.2, 0.25) is 0 Å². The van der Waals surface area contributed by atoms with E-state index in [9.17, 15) is 0 Å². The van der Waals surface area contributed by atoms with Crippen molar-refractivity contribution in [1.29, 1.82) is 0 Å². The van der Waals surface area contributed by atoms with Crippen molar-refractivity contribution in [1.82, 2.24) is 0 Å². The standard InChI is InChI=1S/C2H6BClP/c1-5(2,3)4/h1-2H3. The Kier molecular flexibility index (Phi) is 1.72. The lowest BCUT2D eigenvalue weighted by Gasteiger charge is -2.11. The van der Waals surface area contributed by atoms with Gasteiger partial charge in [0.25, 0.3) is 0 Å². The Morgan fingerprint density at radius 2 is 1.60 bits per heavy atom. The van der Waals surface area contributed by atoms with Gasteiger partial charge >= 0.3 is 0 Å². The van der Waals surface area contributed by atoms with Crippen LogP contribution in [0.1, 0.15) is 0 Å². The minimum absolute atomic E-state index is 1.42. The summed E-state index contributed by atoms with van der Waals surface area (Å²) in [7, 11) is 5.23. The van der Waals surface area contributed by atoms with Gasteiger partial charge in [-0.3, -0.25) is 7.57 Å². The minimum Gasteiger partial charge on any atom is -0.282 e. The highest BCUT2D eigenvalue weighted by Crippen LogP contribution is 2.50. The quantitative estimate of drug-likeness (QED) is 0.325. The van der Waals surface area contributed by atoms with Crippen LogP contribution in [0.15, 0.2) is 0 Å². The van der Waals surface area contributed by atoms with E-state index >= 15 is 0 Å². The van der Waals surface area contributed by atoms with Gasteiger partial charge in [0.2, 0.25) is 0 Å². The first-order valence-electron chi connectivity index (χ1n) is 1.32. The zero-order valence-electron chi connectivity index (χ0n) is 3.40. The third-order valence-electron chi connectivity index (χ3n) is 0. The molecule has 0 bridgehead atoms. The molecule has 0 unspecified atom stereocenters. The fourth-order valence-electron chi connectivity index (χ4n) is 0. The maximum Gasteiger partial charge on any atom is 0.0225 e. The van der Waals surface area contributed by atoms with Crippen molar-refractivity contribution in [3.63, 3.8) is 0 Å². The van der Waals surface area contributed by atoms with Crippen molar-refractivity contribution in [3.05, 3.63) is 0 Å². The molecule has 0 aromatic heterocycles. The summed E-state index contributed by atoms with van der Waals surface area (Å²) in [5.74, 6) is 0. The minimum atomic E-state index is -1.42. The van der Waals surface area contributed by atoms with E-state index in [1.807, 2.05) is 13.3 Å². The lowest BCUT2D eigenvalue weighted by atomic mass is 10.8. The molecule has 0 rings (SSSR count). The molecule has 3 radical (unpaired) electrons. The van der Waals surface area contributed by atoms with Gasteiger partial charge in [-0.05, 0) is 0 Å². The molecular formula is C2H6BClP. The average molecular weight is 107 g/mol. The first-order chi connectivity index (χ1) is 2.00. The van der Waals surface area contributed by atoms with Crippen molar-refractivity contribution >= 4 is 25.3 Å². The number of hydrogen-bond donors (Lipinski definition) is 0. The largest absolute Gasteiger partial charge is 0.282 e. The fourth-order valence-corrected chi connectivity index (χ4v) is 0. The number of rotatable bonds is 0. The van der Waals surface area contributed by atoms with Gasteiger partial charge in [0.15, 0.2) is 0 Å². The van der Waals surface area contributed by atoms with E-state index in [-0.39, 0.29) is 0 Å². The molecule has 0 fully saturated rings. The van der Waals surface area contributed by atoms with Crippen molar-refractivity contribution in [2.24, 2.45) is 0 Å². The first kappa shape index (κ1) is 5.78. The SMILES string of the molecule is [B-][P+](C)(C)Cl. The van der Waals surface area contributed by atoms with Gasteiger partial charge < -0.3 is 0 Å². The second-order valence-corrected chi connectivity index (χ2v) is 6.81. The summed E-state index contributed by atoms with van der Waals surface area (Å²) in [4.78, 5) is 0. The molecule has 0 saturated heterocycles. The van der Waals surface area contributed by atoms with Crippen molar-refractivity contribution in [2.45, 2.75) is 0 Å². The van der Waals surface area contributed by atoms with Crippen LogP contribution in [-0.4, -0.2) is 20.9 Å². The third kappa shape index (κ3) is 60.2. The summed E-state index contributed by atoms with van der Waals surface area (Å²) in [6.45, 7) is 2.27. The maximum absolute atomic E-state index is 5.42. The van der Waals surface area contributed by atoms with Crippen LogP contribution < -0.4 is 0 Å². The highest BCUT2D eigenvalue weighted by molar-refractivity contribution is 8.15. The van der Waals surface area contributed by atoms with Crippen LogP contribution in [0, 0.1) is 0 Å². The summed E-state index contributed by atoms with van der Waals surface area (Å²) in [6.07, 6.45) is 0. The van der Waals surface area contributed by atoms with Crippen molar-refractivity contribution in [2.75, 3.05) is 13.3 Å². The highest BCUT2D eigenvalue weighted by Gasteiger charge is 1.90. The number of halogens is 1. The Labute approximate surface area is 39.4 Å². The lowest BCUT2D eigenvalue weighted by molar-refractivity contribution is 2.27. The van der Waals surface area contributed by atoms with E-state index in [1.165, 1.54) is 0 Å². The Bertz CT molecular complexity index is 25.1. The monoisotopic (exact) mass is 107 g/mol. The molecule has 0 aliphatic heterocycles. The summed E-state index contributed by atoms with van der Waals surface area (Å²) >= 11 is 5.42. The second-order valence-electron chi connectivity index (χ2n) is 1.40. The molecule has 0 saturated carbocycles. The second kappa shape index (κ2) is 1.49. The van der Waals surface area contributed by atoms with Crippen LogP contribution in [-0.2, 0) is 0 Å². The molecule has 29 valence electrons. The fraction of sp³-hybridized carbons (Fsp3) is 1.00. The predicted octanol–water partition coefficient (Wildman–Crippen LogP) is 1.50. The van der Waals surface area contributed by atoms with E-state index < -0.39 is 6.49 Å². The summed E-state index contributed by atoms with van der Waals surface area (Å²) in [6, 6.07) is 0. The van der Waals surface area contributed by atoms with Gasteiger partial charge in [-0.1, -0.05) is 0 Å². The van der Waals surface area contributed by atoms with E-state index in [1.54, 1.807) is 0 Å². The number of hydrogen-bond acceptors (Lipinski definition) is 0. The van der Waals surface area contributed by atoms with Crippen LogP contribution in [0.5, 0.6) is 0 Å². The van der Waals surface area contributed by atoms with Gasteiger partial charge in [-0.15, -0.1) is 0 Å². The molecule has 0 nitrogen and oxygen atoms in total. The van der Waals surface area contributed by atoms with Gasteiger partial charge in [-0.25, -0.2) is 0 Å². The Balaban J connectivity index is 3.02. The topological polar surface area (TPSA) is 0 Å². The molecule has 0 aromatic rings. The van der Waals surface area contributed by atoms with Crippen molar-refractivity contribution < 1.29 is 0 Å². The van der Waals surface area contributed by atoms with E-state index in [0.29, 0.717) is 0 Å². The van der Waals surface area contributed by atoms with E-state index in [0.717, 1.165) is 0 Å². The first-order valence-corrected chi connectivity index (χ1v) is 4.98. The molecule has 0 atom stereocenters. The maximum atomic E-state index is 5.42. The van der Waals surface area contributed by atoms with Gasteiger partial charge in [0.1, 0.15) is 0 Å². The van der Waals surface area contributed by atoms with Crippen molar-refractivity contribution in [3.8, 4) is 0 Å². The van der Waals surface area contributed by atoms with Gasteiger partial charge in [-0.2, -0.15) is 6.49 Å². The average Bonchev–Trinajstić information content (AvgIpc) is 0.722. The lowest BCUT2D eigenvalue weighted by Crippen LogP contribution is -1.68. The van der Waals surface area contributed by atoms with Crippen LogP contribution in [0.25, 0.3) is 0 Å². The molecule has 3 heteroatoms. The zero-order chi connectivity index (χ0) is 4.50. The summed E-state index contributed by atoms with van der Waals surface area (Å²) in [5, 5.41) is 0. The molecule has 0 aliphatic rings.